The van der Waals surface area contributed by atoms with Crippen LogP contribution in [0, 0.1) is 5.82 Å². The zero-order valence-corrected chi connectivity index (χ0v) is 11.6. The van der Waals surface area contributed by atoms with Crippen LogP contribution < -0.4 is 4.74 Å². The number of methoxy groups -OCH3 is 1. The first-order chi connectivity index (χ1) is 9.10. The van der Waals surface area contributed by atoms with Gasteiger partial charge in [-0.1, -0.05) is 23.7 Å². The summed E-state index contributed by atoms with van der Waals surface area (Å²) in [7, 11) is 1.40. The molecule has 0 aliphatic heterocycles. The fourth-order valence-corrected chi connectivity index (χ4v) is 2.45. The molecular formula is C14H10ClFO2S. The van der Waals surface area contributed by atoms with E-state index in [1.54, 1.807) is 24.3 Å². The predicted molar refractivity (Wildman–Crippen MR) is 75.6 cm³/mol. The normalized spacial score (nSPS) is 10.9. The average molecular weight is 297 g/mol. The van der Waals surface area contributed by atoms with Crippen molar-refractivity contribution in [2.24, 2.45) is 0 Å². The third-order valence-electron chi connectivity index (χ3n) is 2.42. The highest BCUT2D eigenvalue weighted by Gasteiger charge is 2.05. The second-order valence-corrected chi connectivity index (χ2v) is 5.41. The molecular weight excluding hydrogens is 287 g/mol. The zero-order valence-electron chi connectivity index (χ0n) is 10.0. The smallest absolute Gasteiger partial charge is 0.195 e. The summed E-state index contributed by atoms with van der Waals surface area (Å²) in [5, 5.41) is 0. The molecule has 0 saturated carbocycles. The molecule has 2 nitrogen and oxygen atoms in total. The van der Waals surface area contributed by atoms with Crippen molar-refractivity contribution in [3.05, 3.63) is 57.0 Å². The molecule has 1 heterocycles. The van der Waals surface area contributed by atoms with E-state index in [2.05, 4.69) is 0 Å². The molecule has 5 heteroatoms. The molecule has 0 N–H and O–H groups in total. The monoisotopic (exact) mass is 296 g/mol. The summed E-state index contributed by atoms with van der Waals surface area (Å²) in [4.78, 5) is 12.3. The Balaban J connectivity index is 2.14. The minimum absolute atomic E-state index is 0.159. The van der Waals surface area contributed by atoms with Gasteiger partial charge >= 0.3 is 0 Å². The molecule has 0 spiro atoms. The second kappa shape index (κ2) is 5.99. The number of thiophene rings is 1. The summed E-state index contributed by atoms with van der Waals surface area (Å²) in [6, 6.07) is 7.83. The summed E-state index contributed by atoms with van der Waals surface area (Å²) >= 11 is 6.97. The standard InChI is InChI=1S/C14H10ClFO2S/c1-18-12-5-3-9(8-10(12)16)2-4-11(17)13-6-7-14(15)19-13/h2-8H,1H3. The molecule has 19 heavy (non-hydrogen) atoms. The average Bonchev–Trinajstić information content (AvgIpc) is 2.83. The van der Waals surface area contributed by atoms with E-state index in [1.165, 1.54) is 36.7 Å². The molecule has 0 bridgehead atoms. The quantitative estimate of drug-likeness (QED) is 0.615. The van der Waals surface area contributed by atoms with Crippen LogP contribution in [0.15, 0.2) is 36.4 Å². The van der Waals surface area contributed by atoms with Gasteiger partial charge in [0.25, 0.3) is 0 Å². The predicted octanol–water partition coefficient (Wildman–Crippen LogP) is 4.45. The van der Waals surface area contributed by atoms with Gasteiger partial charge in [0.1, 0.15) is 0 Å². The van der Waals surface area contributed by atoms with Gasteiger partial charge in [-0.2, -0.15) is 0 Å². The van der Waals surface area contributed by atoms with Crippen molar-refractivity contribution in [2.45, 2.75) is 0 Å². The number of benzene rings is 1. The summed E-state index contributed by atoms with van der Waals surface area (Å²) in [5.74, 6) is -0.446. The molecule has 1 aromatic heterocycles. The maximum absolute atomic E-state index is 13.4. The van der Waals surface area contributed by atoms with Crippen molar-refractivity contribution in [1.82, 2.24) is 0 Å². The van der Waals surface area contributed by atoms with Gasteiger partial charge in [-0.05, 0) is 35.9 Å². The van der Waals surface area contributed by atoms with E-state index in [4.69, 9.17) is 16.3 Å². The molecule has 0 aliphatic carbocycles. The Kier molecular flexibility index (Phi) is 4.35. The first kappa shape index (κ1) is 13.8. The number of hydrogen-bond acceptors (Lipinski definition) is 3. The number of rotatable bonds is 4. The maximum atomic E-state index is 13.4. The summed E-state index contributed by atoms with van der Waals surface area (Å²) < 4.78 is 18.8. The second-order valence-electron chi connectivity index (χ2n) is 3.70. The van der Waals surface area contributed by atoms with Gasteiger partial charge < -0.3 is 4.74 Å². The lowest BCUT2D eigenvalue weighted by Crippen LogP contribution is -1.90. The molecule has 1 aromatic carbocycles. The number of ketones is 1. The lowest BCUT2D eigenvalue weighted by Gasteiger charge is -2.01. The van der Waals surface area contributed by atoms with Crippen molar-refractivity contribution < 1.29 is 13.9 Å². The van der Waals surface area contributed by atoms with Crippen LogP contribution in [0.2, 0.25) is 4.34 Å². The molecule has 0 saturated heterocycles. The van der Waals surface area contributed by atoms with Gasteiger partial charge in [0.05, 0.1) is 16.3 Å². The first-order valence-electron chi connectivity index (χ1n) is 5.41. The fraction of sp³-hybridized carbons (Fsp3) is 0.0714. The molecule has 2 rings (SSSR count). The van der Waals surface area contributed by atoms with E-state index in [0.717, 1.165) is 0 Å². The van der Waals surface area contributed by atoms with Crippen molar-refractivity contribution in [3.8, 4) is 5.75 Å². The van der Waals surface area contributed by atoms with Crippen LogP contribution in [-0.2, 0) is 0 Å². The van der Waals surface area contributed by atoms with Crippen LogP contribution in [0.25, 0.3) is 6.08 Å². The third kappa shape index (κ3) is 3.43. The van der Waals surface area contributed by atoms with E-state index in [-0.39, 0.29) is 11.5 Å². The van der Waals surface area contributed by atoms with Crippen LogP contribution in [0.4, 0.5) is 4.39 Å². The van der Waals surface area contributed by atoms with Crippen molar-refractivity contribution in [3.63, 3.8) is 0 Å². The molecule has 2 aromatic rings. The van der Waals surface area contributed by atoms with Crippen LogP contribution in [0.1, 0.15) is 15.2 Å². The van der Waals surface area contributed by atoms with E-state index < -0.39 is 5.82 Å². The summed E-state index contributed by atoms with van der Waals surface area (Å²) in [6.45, 7) is 0. The Labute approximate surface area is 119 Å². The number of allylic oxidation sites excluding steroid dienone is 1. The molecule has 0 radical (unpaired) electrons. The van der Waals surface area contributed by atoms with E-state index >= 15 is 0 Å². The van der Waals surface area contributed by atoms with Gasteiger partial charge in [0.15, 0.2) is 17.3 Å². The number of ether oxygens (including phenoxy) is 1. The molecule has 98 valence electrons. The minimum Gasteiger partial charge on any atom is -0.494 e. The lowest BCUT2D eigenvalue weighted by atomic mass is 10.1. The van der Waals surface area contributed by atoms with Gasteiger partial charge in [-0.25, -0.2) is 4.39 Å². The van der Waals surface area contributed by atoms with E-state index in [9.17, 15) is 9.18 Å². The number of hydrogen-bond donors (Lipinski definition) is 0. The van der Waals surface area contributed by atoms with Crippen LogP contribution in [0.3, 0.4) is 0 Å². The van der Waals surface area contributed by atoms with Crippen molar-refractivity contribution in [1.29, 1.82) is 0 Å². The highest BCUT2D eigenvalue weighted by molar-refractivity contribution is 7.18. The molecule has 0 aliphatic rings. The van der Waals surface area contributed by atoms with E-state index in [0.29, 0.717) is 14.8 Å². The van der Waals surface area contributed by atoms with Gasteiger partial charge in [0, 0.05) is 0 Å². The number of carbonyl (C=O) groups is 1. The number of halogens is 2. The fourth-order valence-electron chi connectivity index (χ4n) is 1.49. The zero-order chi connectivity index (χ0) is 13.8. The van der Waals surface area contributed by atoms with Gasteiger partial charge in [0.2, 0.25) is 0 Å². The SMILES string of the molecule is COc1ccc(C=CC(=O)c2ccc(Cl)s2)cc1F. The number of carbonyl (C=O) groups excluding carboxylic acids is 1. The summed E-state index contributed by atoms with van der Waals surface area (Å²) in [6.07, 6.45) is 2.95. The van der Waals surface area contributed by atoms with Crippen LogP contribution in [0.5, 0.6) is 5.75 Å². The highest BCUT2D eigenvalue weighted by atomic mass is 35.5. The Morgan fingerprint density at radius 1 is 1.37 bits per heavy atom. The maximum Gasteiger partial charge on any atom is 0.195 e. The Bertz CT molecular complexity index is 634. The minimum atomic E-state index is -0.462. The Morgan fingerprint density at radius 3 is 2.74 bits per heavy atom. The Morgan fingerprint density at radius 2 is 2.16 bits per heavy atom. The topological polar surface area (TPSA) is 26.3 Å². The van der Waals surface area contributed by atoms with Crippen molar-refractivity contribution in [2.75, 3.05) is 7.11 Å². The molecule has 0 amide bonds. The third-order valence-corrected chi connectivity index (χ3v) is 3.66. The van der Waals surface area contributed by atoms with Gasteiger partial charge in [-0.15, -0.1) is 11.3 Å². The van der Waals surface area contributed by atoms with E-state index in [1.807, 2.05) is 0 Å². The van der Waals surface area contributed by atoms with Crippen LogP contribution >= 0.6 is 22.9 Å². The lowest BCUT2D eigenvalue weighted by molar-refractivity contribution is 0.105. The van der Waals surface area contributed by atoms with Crippen LogP contribution in [-0.4, -0.2) is 12.9 Å². The molecule has 0 atom stereocenters. The molecule has 0 fully saturated rings. The van der Waals surface area contributed by atoms with Gasteiger partial charge in [-0.3, -0.25) is 4.79 Å². The largest absolute Gasteiger partial charge is 0.494 e. The Hall–Kier alpha value is -1.65. The first-order valence-corrected chi connectivity index (χ1v) is 6.61. The molecule has 0 unspecified atom stereocenters. The van der Waals surface area contributed by atoms with Crippen molar-refractivity contribution >= 4 is 34.8 Å². The highest BCUT2D eigenvalue weighted by Crippen LogP contribution is 2.23. The summed E-state index contributed by atoms with van der Waals surface area (Å²) in [5.41, 5.74) is 0.592.